The van der Waals surface area contributed by atoms with Gasteiger partial charge in [0.15, 0.2) is 0 Å². The minimum absolute atomic E-state index is 0.0371. The molecule has 1 aliphatic heterocycles. The first-order chi connectivity index (χ1) is 7.65. The average Bonchev–Trinajstić information content (AvgIpc) is 2.54. The van der Waals surface area contributed by atoms with E-state index in [9.17, 15) is 9.59 Å². The number of aryl methyl sites for hydroxylation is 1. The second-order valence-corrected chi connectivity index (χ2v) is 3.65. The molecule has 1 aliphatic rings. The van der Waals surface area contributed by atoms with Gasteiger partial charge in [0, 0.05) is 0 Å². The van der Waals surface area contributed by atoms with Gasteiger partial charge >= 0.3 is 6.03 Å². The number of rotatable bonds is 3. The Kier molecular flexibility index (Phi) is 2.87. The quantitative estimate of drug-likeness (QED) is 0.772. The van der Waals surface area contributed by atoms with Crippen LogP contribution in [0.15, 0.2) is 24.3 Å². The predicted molar refractivity (Wildman–Crippen MR) is 56.2 cm³/mol. The van der Waals surface area contributed by atoms with Crippen molar-refractivity contribution in [3.8, 4) is 0 Å². The summed E-state index contributed by atoms with van der Waals surface area (Å²) >= 11 is 0. The van der Waals surface area contributed by atoms with E-state index in [1.807, 2.05) is 31.2 Å². The molecule has 1 aromatic carbocycles. The molecule has 1 aromatic rings. The van der Waals surface area contributed by atoms with Gasteiger partial charge in [-0.3, -0.25) is 14.9 Å². The summed E-state index contributed by atoms with van der Waals surface area (Å²) in [7, 11) is 0. The lowest BCUT2D eigenvalue weighted by Crippen LogP contribution is -2.28. The molecule has 1 fully saturated rings. The third-order valence-electron chi connectivity index (χ3n) is 2.23. The van der Waals surface area contributed by atoms with Gasteiger partial charge in [0.05, 0.1) is 0 Å². The van der Waals surface area contributed by atoms with Gasteiger partial charge in [-0.1, -0.05) is 29.8 Å². The molecule has 5 heteroatoms. The molecule has 16 heavy (non-hydrogen) atoms. The molecule has 0 bridgehead atoms. The molecule has 0 unspecified atom stereocenters. The van der Waals surface area contributed by atoms with Crippen LogP contribution < -0.4 is 5.32 Å². The first-order valence-corrected chi connectivity index (χ1v) is 4.95. The standard InChI is InChI=1S/C11H12N2O3/c1-8-3-2-4-9(5-8)7-16-13-6-10(14)12-11(13)15/h2-5H,6-7H2,1H3,(H,12,14,15). The Hall–Kier alpha value is -1.88. The van der Waals surface area contributed by atoms with Crippen LogP contribution in [-0.4, -0.2) is 23.5 Å². The van der Waals surface area contributed by atoms with E-state index in [1.54, 1.807) is 0 Å². The van der Waals surface area contributed by atoms with Crippen molar-refractivity contribution >= 4 is 11.9 Å². The Morgan fingerprint density at radius 3 is 2.88 bits per heavy atom. The number of imide groups is 1. The summed E-state index contributed by atoms with van der Waals surface area (Å²) in [5.74, 6) is -0.339. The molecule has 1 saturated heterocycles. The highest BCUT2D eigenvalue weighted by atomic mass is 16.7. The number of carbonyl (C=O) groups excluding carboxylic acids is 2. The van der Waals surface area contributed by atoms with Crippen LogP contribution in [0.25, 0.3) is 0 Å². The van der Waals surface area contributed by atoms with Crippen molar-refractivity contribution in [3.05, 3.63) is 35.4 Å². The van der Waals surface area contributed by atoms with Crippen molar-refractivity contribution in [2.45, 2.75) is 13.5 Å². The number of hydroxylamine groups is 2. The predicted octanol–water partition coefficient (Wildman–Crippen LogP) is 0.978. The number of amides is 3. The maximum Gasteiger partial charge on any atom is 0.348 e. The zero-order chi connectivity index (χ0) is 11.5. The zero-order valence-corrected chi connectivity index (χ0v) is 8.90. The van der Waals surface area contributed by atoms with Gasteiger partial charge in [0.1, 0.15) is 13.2 Å². The molecule has 0 aromatic heterocycles. The minimum Gasteiger partial charge on any atom is -0.274 e. The maximum atomic E-state index is 11.1. The monoisotopic (exact) mass is 220 g/mol. The Morgan fingerprint density at radius 2 is 2.25 bits per heavy atom. The molecule has 0 spiro atoms. The summed E-state index contributed by atoms with van der Waals surface area (Å²) in [5.41, 5.74) is 2.09. The second kappa shape index (κ2) is 4.32. The van der Waals surface area contributed by atoms with Crippen molar-refractivity contribution in [2.24, 2.45) is 0 Å². The Labute approximate surface area is 93.0 Å². The minimum atomic E-state index is -0.502. The van der Waals surface area contributed by atoms with Crippen molar-refractivity contribution in [2.75, 3.05) is 6.54 Å². The lowest BCUT2D eigenvalue weighted by Gasteiger charge is -2.12. The van der Waals surface area contributed by atoms with Crippen LogP contribution in [-0.2, 0) is 16.2 Å². The summed E-state index contributed by atoms with van der Waals surface area (Å²) in [6, 6.07) is 7.27. The van der Waals surface area contributed by atoms with Crippen LogP contribution in [0.5, 0.6) is 0 Å². The number of hydrogen-bond donors (Lipinski definition) is 1. The van der Waals surface area contributed by atoms with Crippen molar-refractivity contribution in [3.63, 3.8) is 0 Å². The molecule has 3 amide bonds. The number of carbonyl (C=O) groups is 2. The number of benzene rings is 1. The Bertz CT molecular complexity index is 431. The molecule has 0 saturated carbocycles. The van der Waals surface area contributed by atoms with E-state index < -0.39 is 6.03 Å². The zero-order valence-electron chi connectivity index (χ0n) is 8.90. The summed E-state index contributed by atoms with van der Waals surface area (Å²) < 4.78 is 0. The highest BCUT2D eigenvalue weighted by Gasteiger charge is 2.27. The van der Waals surface area contributed by atoms with E-state index in [4.69, 9.17) is 4.84 Å². The fourth-order valence-electron chi connectivity index (χ4n) is 1.48. The first kappa shape index (κ1) is 10.6. The highest BCUT2D eigenvalue weighted by Crippen LogP contribution is 2.08. The summed E-state index contributed by atoms with van der Waals surface area (Å²) in [4.78, 5) is 27.2. The molecule has 0 radical (unpaired) electrons. The van der Waals surface area contributed by atoms with Crippen LogP contribution in [0, 0.1) is 6.92 Å². The van der Waals surface area contributed by atoms with Crippen molar-refractivity contribution in [1.82, 2.24) is 10.4 Å². The molecular weight excluding hydrogens is 208 g/mol. The van der Waals surface area contributed by atoms with E-state index in [1.165, 1.54) is 0 Å². The summed E-state index contributed by atoms with van der Waals surface area (Å²) in [6.45, 7) is 2.22. The van der Waals surface area contributed by atoms with Crippen molar-refractivity contribution < 1.29 is 14.4 Å². The van der Waals surface area contributed by atoms with Crippen LogP contribution in [0.3, 0.4) is 0 Å². The third-order valence-corrected chi connectivity index (χ3v) is 2.23. The fourth-order valence-corrected chi connectivity index (χ4v) is 1.48. The van der Waals surface area contributed by atoms with Crippen LogP contribution >= 0.6 is 0 Å². The Balaban J connectivity index is 1.93. The van der Waals surface area contributed by atoms with E-state index in [0.717, 1.165) is 16.2 Å². The van der Waals surface area contributed by atoms with Gasteiger partial charge in [-0.05, 0) is 12.5 Å². The molecular formula is C11H12N2O3. The topological polar surface area (TPSA) is 58.6 Å². The molecule has 1 heterocycles. The van der Waals surface area contributed by atoms with Gasteiger partial charge in [0.2, 0.25) is 5.91 Å². The van der Waals surface area contributed by atoms with Gasteiger partial charge in [-0.15, -0.1) is 0 Å². The number of nitrogens with zero attached hydrogens (tertiary/aromatic N) is 1. The Morgan fingerprint density at radius 1 is 1.44 bits per heavy atom. The molecule has 84 valence electrons. The molecule has 2 rings (SSSR count). The molecule has 0 aliphatic carbocycles. The average molecular weight is 220 g/mol. The molecule has 1 N–H and O–H groups in total. The van der Waals surface area contributed by atoms with Gasteiger partial charge in [0.25, 0.3) is 0 Å². The summed E-state index contributed by atoms with van der Waals surface area (Å²) in [5, 5.41) is 3.17. The van der Waals surface area contributed by atoms with Crippen LogP contribution in [0.2, 0.25) is 0 Å². The van der Waals surface area contributed by atoms with Crippen molar-refractivity contribution in [1.29, 1.82) is 0 Å². The largest absolute Gasteiger partial charge is 0.348 e. The molecule has 0 atom stereocenters. The maximum absolute atomic E-state index is 11.1. The SMILES string of the molecule is Cc1cccc(CON2CC(=O)NC2=O)c1. The van der Waals surface area contributed by atoms with Gasteiger partial charge in [-0.2, -0.15) is 5.06 Å². The highest BCUT2D eigenvalue weighted by molar-refractivity contribution is 6.01. The van der Waals surface area contributed by atoms with E-state index in [2.05, 4.69) is 5.32 Å². The lowest BCUT2D eigenvalue weighted by molar-refractivity contribution is -0.134. The van der Waals surface area contributed by atoms with E-state index in [-0.39, 0.29) is 19.1 Å². The number of hydrogen-bond acceptors (Lipinski definition) is 3. The lowest BCUT2D eigenvalue weighted by atomic mass is 10.1. The number of urea groups is 1. The second-order valence-electron chi connectivity index (χ2n) is 3.65. The van der Waals surface area contributed by atoms with E-state index in [0.29, 0.717) is 0 Å². The van der Waals surface area contributed by atoms with Gasteiger partial charge < -0.3 is 0 Å². The van der Waals surface area contributed by atoms with E-state index >= 15 is 0 Å². The fraction of sp³-hybridized carbons (Fsp3) is 0.273. The normalized spacial score (nSPS) is 15.4. The van der Waals surface area contributed by atoms with Crippen LogP contribution in [0.4, 0.5) is 4.79 Å². The third kappa shape index (κ3) is 2.38. The van der Waals surface area contributed by atoms with Gasteiger partial charge in [-0.25, -0.2) is 4.79 Å². The van der Waals surface area contributed by atoms with Crippen LogP contribution in [0.1, 0.15) is 11.1 Å². The molecule has 5 nitrogen and oxygen atoms in total. The summed E-state index contributed by atoms with van der Waals surface area (Å²) in [6.07, 6.45) is 0. The first-order valence-electron chi connectivity index (χ1n) is 4.95. The number of nitrogens with one attached hydrogen (secondary N) is 1. The smallest absolute Gasteiger partial charge is 0.274 e.